The van der Waals surface area contributed by atoms with Gasteiger partial charge in [0.1, 0.15) is 6.10 Å². The van der Waals surface area contributed by atoms with Gasteiger partial charge in [-0.3, -0.25) is 10.1 Å². The molecule has 3 atom stereocenters. The molecule has 0 radical (unpaired) electrons. The predicted molar refractivity (Wildman–Crippen MR) is 147 cm³/mol. The zero-order chi connectivity index (χ0) is 30.0. The van der Waals surface area contributed by atoms with E-state index in [2.05, 4.69) is 5.32 Å². The van der Waals surface area contributed by atoms with E-state index in [1.165, 1.54) is 4.31 Å². The number of hydrogen-bond acceptors (Lipinski definition) is 10. The van der Waals surface area contributed by atoms with Crippen molar-refractivity contribution in [1.29, 1.82) is 0 Å². The molecule has 0 unspecified atom stereocenters. The van der Waals surface area contributed by atoms with Crippen molar-refractivity contribution in [3.63, 3.8) is 0 Å². The largest absolute Gasteiger partial charge is 0.444 e. The van der Waals surface area contributed by atoms with E-state index in [0.717, 1.165) is 29.8 Å². The van der Waals surface area contributed by atoms with Crippen LogP contribution in [0, 0.1) is 16.0 Å². The molecule has 3 rings (SSSR count). The van der Waals surface area contributed by atoms with Crippen molar-refractivity contribution in [3.05, 3.63) is 70.3 Å². The molecule has 1 heterocycles. The van der Waals surface area contributed by atoms with Crippen molar-refractivity contribution in [2.24, 2.45) is 5.92 Å². The minimum absolute atomic E-state index is 0.0583. The summed E-state index contributed by atoms with van der Waals surface area (Å²) in [5.41, 5.74) is 0.560. The van der Waals surface area contributed by atoms with E-state index in [4.69, 9.17) is 14.2 Å². The summed E-state index contributed by atoms with van der Waals surface area (Å²) in [6.45, 7) is 3.63. The maximum Gasteiger partial charge on any atom is 0.407 e. The third kappa shape index (κ3) is 10.0. The standard InChI is InChI=1S/C27H37N3O10S/c1-19(2)15-29(41(36,37)23-10-8-21(9-11-23)30(34)35)16-25(39-18-26(31)32)24(14-20-6-4-3-5-7-20)28-27(33)40-22-12-13-38-17-22/h3-11,19,22,24-26,31-32H,12-18H2,1-2H3,(H,28,33)/t22-,24-,25+/m0/s1. The summed E-state index contributed by atoms with van der Waals surface area (Å²) in [5, 5.41) is 33.0. The van der Waals surface area contributed by atoms with E-state index < -0.39 is 52.2 Å². The molecule has 2 aromatic rings. The van der Waals surface area contributed by atoms with Crippen LogP contribution in [0.4, 0.5) is 10.5 Å². The van der Waals surface area contributed by atoms with Gasteiger partial charge in [0.2, 0.25) is 10.0 Å². The zero-order valence-corrected chi connectivity index (χ0v) is 23.8. The van der Waals surface area contributed by atoms with Crippen LogP contribution in [0.1, 0.15) is 25.8 Å². The van der Waals surface area contributed by atoms with E-state index in [9.17, 15) is 33.5 Å². The zero-order valence-electron chi connectivity index (χ0n) is 23.0. The number of aliphatic hydroxyl groups excluding tert-OH is 1. The molecular formula is C27H37N3O10S. The molecule has 1 saturated heterocycles. The summed E-state index contributed by atoms with van der Waals surface area (Å²) in [5.74, 6) is -0.125. The molecule has 14 heteroatoms. The second-order valence-electron chi connectivity index (χ2n) is 10.2. The van der Waals surface area contributed by atoms with Gasteiger partial charge in [0.15, 0.2) is 6.29 Å². The fourth-order valence-corrected chi connectivity index (χ4v) is 5.98. The number of alkyl carbamates (subject to hydrolysis) is 1. The average Bonchev–Trinajstić information content (AvgIpc) is 3.43. The van der Waals surface area contributed by atoms with E-state index in [-0.39, 0.29) is 42.6 Å². The Labute approximate surface area is 239 Å². The van der Waals surface area contributed by atoms with Crippen LogP contribution in [-0.2, 0) is 30.7 Å². The number of nitro groups is 1. The molecule has 1 fully saturated rings. The maximum absolute atomic E-state index is 13.7. The van der Waals surface area contributed by atoms with Crippen LogP contribution in [0.3, 0.4) is 0 Å². The van der Waals surface area contributed by atoms with Crippen LogP contribution in [0.25, 0.3) is 0 Å². The number of nitrogens with one attached hydrogen (secondary N) is 1. The van der Waals surface area contributed by atoms with Gasteiger partial charge < -0.3 is 29.7 Å². The third-order valence-electron chi connectivity index (χ3n) is 6.31. The Morgan fingerprint density at radius 1 is 1.15 bits per heavy atom. The fourth-order valence-electron chi connectivity index (χ4n) is 4.36. The van der Waals surface area contributed by atoms with Gasteiger partial charge in [0.05, 0.1) is 41.8 Å². The molecule has 1 aliphatic heterocycles. The molecule has 3 N–H and O–H groups in total. The number of carbonyl (C=O) groups is 1. The molecule has 13 nitrogen and oxygen atoms in total. The first-order valence-electron chi connectivity index (χ1n) is 13.3. The molecular weight excluding hydrogens is 558 g/mol. The SMILES string of the molecule is CC(C)CN(C[C@@H](OCC(O)O)[C@H](Cc1ccccc1)NC(=O)O[C@H]1CCOC1)S(=O)(=O)c1ccc([N+](=O)[O-])cc1. The lowest BCUT2D eigenvalue weighted by molar-refractivity contribution is -0.384. The van der Waals surface area contributed by atoms with Crippen molar-refractivity contribution in [3.8, 4) is 0 Å². The van der Waals surface area contributed by atoms with Crippen molar-refractivity contribution >= 4 is 21.8 Å². The van der Waals surface area contributed by atoms with E-state index >= 15 is 0 Å². The van der Waals surface area contributed by atoms with Gasteiger partial charge in [-0.1, -0.05) is 44.2 Å². The Morgan fingerprint density at radius 3 is 2.39 bits per heavy atom. The highest BCUT2D eigenvalue weighted by Gasteiger charge is 2.34. The molecule has 41 heavy (non-hydrogen) atoms. The minimum atomic E-state index is -4.18. The smallest absolute Gasteiger partial charge is 0.407 e. The average molecular weight is 596 g/mol. The van der Waals surface area contributed by atoms with Gasteiger partial charge in [-0.05, 0) is 30.0 Å². The number of sulfonamides is 1. The van der Waals surface area contributed by atoms with Gasteiger partial charge in [0.25, 0.3) is 5.69 Å². The van der Waals surface area contributed by atoms with Crippen molar-refractivity contribution < 1.29 is 42.6 Å². The molecule has 226 valence electrons. The van der Waals surface area contributed by atoms with Crippen LogP contribution >= 0.6 is 0 Å². The first kappa shape index (κ1) is 32.4. The van der Waals surface area contributed by atoms with Gasteiger partial charge >= 0.3 is 6.09 Å². The van der Waals surface area contributed by atoms with Crippen molar-refractivity contribution in [2.75, 3.05) is 32.9 Å². The number of amides is 1. The van der Waals surface area contributed by atoms with Crippen LogP contribution in [0.5, 0.6) is 0 Å². The molecule has 1 amide bonds. The van der Waals surface area contributed by atoms with Crippen LogP contribution < -0.4 is 5.32 Å². The number of carbonyl (C=O) groups excluding carboxylic acids is 1. The third-order valence-corrected chi connectivity index (χ3v) is 8.15. The molecule has 0 saturated carbocycles. The summed E-state index contributed by atoms with van der Waals surface area (Å²) >= 11 is 0. The van der Waals surface area contributed by atoms with Gasteiger partial charge in [0, 0.05) is 31.6 Å². The number of hydrogen-bond donors (Lipinski definition) is 3. The second kappa shape index (κ2) is 15.2. The number of nitro benzene ring substituents is 1. The summed E-state index contributed by atoms with van der Waals surface area (Å²) < 4.78 is 45.2. The van der Waals surface area contributed by atoms with Crippen LogP contribution in [0.2, 0.25) is 0 Å². The maximum atomic E-state index is 13.7. The Hall–Kier alpha value is -3.14. The highest BCUT2D eigenvalue weighted by molar-refractivity contribution is 7.89. The second-order valence-corrected chi connectivity index (χ2v) is 12.1. The Balaban J connectivity index is 1.94. The summed E-state index contributed by atoms with van der Waals surface area (Å²) in [6, 6.07) is 12.8. The molecule has 1 aliphatic rings. The number of benzene rings is 2. The normalized spacial score (nSPS) is 17.1. The van der Waals surface area contributed by atoms with Gasteiger partial charge in [-0.15, -0.1) is 0 Å². The van der Waals surface area contributed by atoms with Crippen molar-refractivity contribution in [2.45, 2.75) is 56.1 Å². The topological polar surface area (TPSA) is 178 Å². The number of ether oxygens (including phenoxy) is 3. The molecule has 0 spiro atoms. The van der Waals surface area contributed by atoms with Gasteiger partial charge in [-0.2, -0.15) is 4.31 Å². The molecule has 0 bridgehead atoms. The highest BCUT2D eigenvalue weighted by atomic mass is 32.2. The first-order chi connectivity index (χ1) is 19.5. The molecule has 0 aliphatic carbocycles. The fraction of sp³-hybridized carbons (Fsp3) is 0.519. The lowest BCUT2D eigenvalue weighted by Crippen LogP contribution is -2.53. The highest BCUT2D eigenvalue weighted by Crippen LogP contribution is 2.23. The van der Waals surface area contributed by atoms with Crippen LogP contribution in [-0.4, -0.2) is 91.4 Å². The minimum Gasteiger partial charge on any atom is -0.444 e. The quantitative estimate of drug-likeness (QED) is 0.157. The Bertz CT molecular complexity index is 1220. The summed E-state index contributed by atoms with van der Waals surface area (Å²) in [7, 11) is -4.18. The number of rotatable bonds is 15. The van der Waals surface area contributed by atoms with Gasteiger partial charge in [-0.25, -0.2) is 13.2 Å². The lowest BCUT2D eigenvalue weighted by Gasteiger charge is -2.33. The molecule has 2 aromatic carbocycles. The number of aliphatic hydroxyl groups is 2. The summed E-state index contributed by atoms with van der Waals surface area (Å²) in [4.78, 5) is 23.2. The number of non-ortho nitro benzene ring substituents is 1. The Morgan fingerprint density at radius 2 is 1.83 bits per heavy atom. The monoisotopic (exact) mass is 595 g/mol. The Kier molecular flexibility index (Phi) is 12.0. The lowest BCUT2D eigenvalue weighted by atomic mass is 10.0. The van der Waals surface area contributed by atoms with Crippen LogP contribution in [0.15, 0.2) is 59.5 Å². The summed E-state index contributed by atoms with van der Waals surface area (Å²) in [6.07, 6.45) is -3.29. The number of nitrogens with zero attached hydrogens (tertiary/aromatic N) is 2. The van der Waals surface area contributed by atoms with E-state index in [1.54, 1.807) is 0 Å². The predicted octanol–water partition coefficient (Wildman–Crippen LogP) is 2.06. The van der Waals surface area contributed by atoms with Crippen molar-refractivity contribution in [1.82, 2.24) is 9.62 Å². The van der Waals surface area contributed by atoms with E-state index in [0.29, 0.717) is 13.0 Å². The van der Waals surface area contributed by atoms with E-state index in [1.807, 2.05) is 44.2 Å². The first-order valence-corrected chi connectivity index (χ1v) is 14.7. The molecule has 0 aromatic heterocycles.